The molecule has 0 aromatic heterocycles. The summed E-state index contributed by atoms with van der Waals surface area (Å²) >= 11 is 2.28. The van der Waals surface area contributed by atoms with E-state index in [0.717, 1.165) is 32.4 Å². The Morgan fingerprint density at radius 2 is 1.61 bits per heavy atom. The van der Waals surface area contributed by atoms with Crippen LogP contribution in [0.2, 0.25) is 0 Å². The molecule has 7 nitrogen and oxygen atoms in total. The van der Waals surface area contributed by atoms with Gasteiger partial charge in [-0.3, -0.25) is 9.59 Å². The molecule has 1 heterocycles. The number of carbonyl (C=O) groups is 2. The fourth-order valence-electron chi connectivity index (χ4n) is 5.62. The number of β-lactam (4-membered cyclic amide) rings is 1. The van der Waals surface area contributed by atoms with Crippen molar-refractivity contribution in [1.29, 1.82) is 0 Å². The highest BCUT2D eigenvalue weighted by Crippen LogP contribution is 2.47. The highest BCUT2D eigenvalue weighted by atomic mass is 127. The van der Waals surface area contributed by atoms with E-state index in [1.165, 1.54) is 48.2 Å². The molecule has 1 fully saturated rings. The van der Waals surface area contributed by atoms with Gasteiger partial charge in [0.2, 0.25) is 5.91 Å². The third kappa shape index (κ3) is 8.68. The summed E-state index contributed by atoms with van der Waals surface area (Å²) in [7, 11) is -5.87. The van der Waals surface area contributed by atoms with Crippen molar-refractivity contribution in [2.75, 3.05) is 4.90 Å². The SMILES string of the molecule is CC(=O)O[C@@H](CC[C@H]1C(=O)N(c2ccc(OS(=O)(=O)C(F)(F)F)cc2)[C@@H]1c1ccc(CC=Cc2ccccc2I)cc1)c1ccc(F)cc1. The molecule has 4 aromatic rings. The third-order valence-electron chi connectivity index (χ3n) is 7.99. The third-order valence-corrected chi connectivity index (χ3v) is 9.95. The summed E-state index contributed by atoms with van der Waals surface area (Å²) in [5, 5.41) is 0. The zero-order valence-corrected chi connectivity index (χ0v) is 28.9. The molecule has 0 aliphatic carbocycles. The lowest BCUT2D eigenvalue weighted by molar-refractivity contribution is -0.147. The maximum atomic E-state index is 13.7. The number of esters is 1. The van der Waals surface area contributed by atoms with Crippen LogP contribution < -0.4 is 9.08 Å². The number of allylic oxidation sites excluding steroid dienone is 1. The van der Waals surface area contributed by atoms with Crippen molar-refractivity contribution >= 4 is 56.3 Å². The fraction of sp³-hybridized carbons (Fsp3) is 0.222. The molecule has 4 aromatic carbocycles. The molecule has 0 bridgehead atoms. The van der Waals surface area contributed by atoms with Crippen molar-refractivity contribution in [1.82, 2.24) is 0 Å². The van der Waals surface area contributed by atoms with Crippen LogP contribution in [0.25, 0.3) is 6.08 Å². The molecule has 256 valence electrons. The number of benzene rings is 4. The molecule has 49 heavy (non-hydrogen) atoms. The zero-order valence-electron chi connectivity index (χ0n) is 25.9. The molecule has 1 amide bonds. The van der Waals surface area contributed by atoms with Crippen molar-refractivity contribution in [3.8, 4) is 5.75 Å². The van der Waals surface area contributed by atoms with Gasteiger partial charge in [-0.05, 0) is 107 Å². The van der Waals surface area contributed by atoms with E-state index >= 15 is 0 Å². The Balaban J connectivity index is 1.38. The van der Waals surface area contributed by atoms with Gasteiger partial charge in [0.25, 0.3) is 0 Å². The van der Waals surface area contributed by atoms with Gasteiger partial charge >= 0.3 is 21.6 Å². The Labute approximate surface area is 294 Å². The second kappa shape index (κ2) is 15.1. The van der Waals surface area contributed by atoms with Gasteiger partial charge in [0.1, 0.15) is 17.7 Å². The highest BCUT2D eigenvalue weighted by molar-refractivity contribution is 14.1. The molecule has 1 aliphatic heterocycles. The van der Waals surface area contributed by atoms with E-state index in [1.807, 2.05) is 54.6 Å². The first kappa shape index (κ1) is 36.1. The Kier molecular flexibility index (Phi) is 11.1. The van der Waals surface area contributed by atoms with Crippen LogP contribution in [0.3, 0.4) is 0 Å². The Bertz CT molecular complexity index is 1930. The number of ether oxygens (including phenoxy) is 1. The largest absolute Gasteiger partial charge is 0.534 e. The van der Waals surface area contributed by atoms with Crippen LogP contribution in [0.4, 0.5) is 23.2 Å². The van der Waals surface area contributed by atoms with E-state index in [4.69, 9.17) is 4.74 Å². The predicted molar refractivity (Wildman–Crippen MR) is 184 cm³/mol. The number of hydrogen-bond donors (Lipinski definition) is 0. The van der Waals surface area contributed by atoms with Crippen molar-refractivity contribution in [3.05, 3.63) is 135 Å². The molecular formula is C36H30F4INO6S. The van der Waals surface area contributed by atoms with Gasteiger partial charge in [0.15, 0.2) is 0 Å². The minimum atomic E-state index is -5.87. The minimum absolute atomic E-state index is 0.259. The molecule has 0 radical (unpaired) electrons. The maximum absolute atomic E-state index is 13.7. The lowest BCUT2D eigenvalue weighted by Gasteiger charge is -2.48. The quantitative estimate of drug-likeness (QED) is 0.0356. The van der Waals surface area contributed by atoms with Gasteiger partial charge in [-0.1, -0.05) is 66.7 Å². The van der Waals surface area contributed by atoms with E-state index in [0.29, 0.717) is 24.1 Å². The monoisotopic (exact) mass is 807 g/mol. The van der Waals surface area contributed by atoms with Gasteiger partial charge in [-0.2, -0.15) is 21.6 Å². The molecule has 3 atom stereocenters. The molecule has 1 saturated heterocycles. The number of rotatable bonds is 12. The number of anilines is 1. The number of hydrogen-bond acceptors (Lipinski definition) is 6. The summed E-state index contributed by atoms with van der Waals surface area (Å²) in [6.07, 6.45) is 4.59. The Morgan fingerprint density at radius 3 is 2.22 bits per heavy atom. The van der Waals surface area contributed by atoms with Crippen LogP contribution in [-0.4, -0.2) is 25.8 Å². The summed E-state index contributed by atoms with van der Waals surface area (Å²) in [5.74, 6) is -2.39. The van der Waals surface area contributed by atoms with Gasteiger partial charge in [0, 0.05) is 16.2 Å². The first-order valence-electron chi connectivity index (χ1n) is 15.1. The molecular weight excluding hydrogens is 777 g/mol. The number of nitrogens with zero attached hydrogens (tertiary/aromatic N) is 1. The van der Waals surface area contributed by atoms with E-state index in [1.54, 1.807) is 0 Å². The van der Waals surface area contributed by atoms with E-state index in [-0.39, 0.29) is 12.3 Å². The van der Waals surface area contributed by atoms with Crippen LogP contribution in [0.5, 0.6) is 5.75 Å². The van der Waals surface area contributed by atoms with Crippen molar-refractivity contribution in [2.45, 2.75) is 43.8 Å². The van der Waals surface area contributed by atoms with Crippen LogP contribution in [0.1, 0.15) is 54.2 Å². The zero-order chi connectivity index (χ0) is 35.3. The molecule has 0 unspecified atom stereocenters. The molecule has 0 spiro atoms. The topological polar surface area (TPSA) is 90.0 Å². The average molecular weight is 808 g/mol. The smallest absolute Gasteiger partial charge is 0.458 e. The minimum Gasteiger partial charge on any atom is -0.458 e. The first-order valence-corrected chi connectivity index (χ1v) is 17.6. The summed E-state index contributed by atoms with van der Waals surface area (Å²) in [5.41, 5.74) is -1.78. The average Bonchev–Trinajstić information content (AvgIpc) is 3.05. The Hall–Kier alpha value is -4.24. The number of alkyl halides is 3. The standard InChI is InChI=1S/C36H30F4INO6S/c1-23(43)47-33(26-13-15-28(37)16-14-26)22-21-31-34(27-11-9-24(10-12-27)5-4-7-25-6-2-3-8-32(25)41)42(35(31)44)29-17-19-30(20-18-29)48-49(45,46)36(38,39)40/h2-4,6-20,31,33-34H,5,21-22H2,1H3/t31-,33+,34-/m1/s1. The van der Waals surface area contributed by atoms with Gasteiger partial charge in [-0.25, -0.2) is 4.39 Å². The van der Waals surface area contributed by atoms with Gasteiger partial charge < -0.3 is 13.8 Å². The summed E-state index contributed by atoms with van der Waals surface area (Å²) in [6.45, 7) is 1.26. The molecule has 0 N–H and O–H groups in total. The van der Waals surface area contributed by atoms with Crippen LogP contribution in [0, 0.1) is 15.3 Å². The predicted octanol–water partition coefficient (Wildman–Crippen LogP) is 8.70. The van der Waals surface area contributed by atoms with Crippen LogP contribution >= 0.6 is 22.6 Å². The molecule has 13 heteroatoms. The first-order chi connectivity index (χ1) is 23.2. The number of halogens is 5. The lowest BCUT2D eigenvalue weighted by Crippen LogP contribution is -2.55. The molecule has 0 saturated carbocycles. The van der Waals surface area contributed by atoms with Crippen molar-refractivity contribution in [3.63, 3.8) is 0 Å². The van der Waals surface area contributed by atoms with Gasteiger partial charge in [0.05, 0.1) is 12.0 Å². The number of carbonyl (C=O) groups excluding carboxylic acids is 2. The second-order valence-electron chi connectivity index (χ2n) is 11.3. The summed E-state index contributed by atoms with van der Waals surface area (Å²) in [6, 6.07) is 25.5. The van der Waals surface area contributed by atoms with Crippen LogP contribution in [-0.2, 0) is 30.9 Å². The molecule has 1 aliphatic rings. The normalized spacial score (nSPS) is 17.1. The fourth-order valence-corrected chi connectivity index (χ4v) is 6.65. The van der Waals surface area contributed by atoms with E-state index in [9.17, 15) is 35.6 Å². The van der Waals surface area contributed by atoms with Gasteiger partial charge in [-0.15, -0.1) is 0 Å². The highest BCUT2D eigenvalue weighted by Gasteiger charge is 2.50. The van der Waals surface area contributed by atoms with Crippen LogP contribution in [0.15, 0.2) is 103 Å². The van der Waals surface area contributed by atoms with Crippen molar-refractivity contribution in [2.24, 2.45) is 5.92 Å². The maximum Gasteiger partial charge on any atom is 0.534 e. The number of amides is 1. The Morgan fingerprint density at radius 1 is 0.959 bits per heavy atom. The van der Waals surface area contributed by atoms with E-state index in [2.05, 4.69) is 32.8 Å². The van der Waals surface area contributed by atoms with Crippen molar-refractivity contribution < 1.29 is 44.5 Å². The lowest BCUT2D eigenvalue weighted by atomic mass is 9.78. The summed E-state index contributed by atoms with van der Waals surface area (Å²) < 4.78 is 85.9. The summed E-state index contributed by atoms with van der Waals surface area (Å²) in [4.78, 5) is 27.0. The van der Waals surface area contributed by atoms with E-state index < -0.39 is 51.2 Å². The second-order valence-corrected chi connectivity index (χ2v) is 14.0. The molecule has 5 rings (SSSR count).